The lowest BCUT2D eigenvalue weighted by atomic mass is 10.2. The second-order valence-electron chi connectivity index (χ2n) is 6.20. The van der Waals surface area contributed by atoms with E-state index in [-0.39, 0.29) is 36.5 Å². The minimum Gasteiger partial charge on any atom is -0.482 e. The van der Waals surface area contributed by atoms with Gasteiger partial charge in [0.2, 0.25) is 0 Å². The summed E-state index contributed by atoms with van der Waals surface area (Å²) in [6.45, 7) is 4.31. The third-order valence-electron chi connectivity index (χ3n) is 4.18. The summed E-state index contributed by atoms with van der Waals surface area (Å²) in [5.74, 6) is 1.52. The van der Waals surface area contributed by atoms with Gasteiger partial charge in [-0.1, -0.05) is 12.1 Å². The number of nitrogens with zero attached hydrogens (tertiary/aromatic N) is 3. The highest BCUT2D eigenvalue weighted by atomic mass is 127. The number of aliphatic imine (C=N–C) groups is 1. The Morgan fingerprint density at radius 2 is 2.11 bits per heavy atom. The number of aromatic nitrogens is 1. The number of aryl methyl sites for hydroxylation is 1. The van der Waals surface area contributed by atoms with Crippen LogP contribution in [0.4, 0.5) is 5.69 Å². The smallest absolute Gasteiger partial charge is 0.265 e. The van der Waals surface area contributed by atoms with E-state index in [1.807, 2.05) is 30.5 Å². The van der Waals surface area contributed by atoms with Gasteiger partial charge in [0.1, 0.15) is 5.75 Å². The van der Waals surface area contributed by atoms with Crippen molar-refractivity contribution in [3.63, 3.8) is 0 Å². The number of carbonyl (C=O) groups excluding carboxylic acids is 1. The molecule has 0 radical (unpaired) electrons. The zero-order valence-electron chi connectivity index (χ0n) is 16.1. The summed E-state index contributed by atoms with van der Waals surface area (Å²) in [6.07, 6.45) is 3.59. The molecule has 0 saturated carbocycles. The predicted molar refractivity (Wildman–Crippen MR) is 124 cm³/mol. The average Bonchev–Trinajstić information content (AvgIpc) is 3.10. The number of ether oxygens (including phenoxy) is 1. The Morgan fingerprint density at radius 3 is 2.86 bits per heavy atom. The molecule has 0 unspecified atom stereocenters. The fourth-order valence-corrected chi connectivity index (χ4v) is 3.66. The summed E-state index contributed by atoms with van der Waals surface area (Å²) >= 11 is 1.72. The molecule has 1 aliphatic heterocycles. The molecule has 3 rings (SSSR count). The minimum atomic E-state index is -0.00468. The number of para-hydroxylation sites is 2. The summed E-state index contributed by atoms with van der Waals surface area (Å²) in [5, 5.41) is 7.71. The molecule has 0 aliphatic carbocycles. The van der Waals surface area contributed by atoms with Crippen molar-refractivity contribution in [1.29, 1.82) is 0 Å². The molecule has 1 aromatic heterocycles. The van der Waals surface area contributed by atoms with E-state index in [0.29, 0.717) is 6.54 Å². The molecule has 9 heteroatoms. The molecule has 2 N–H and O–H groups in total. The van der Waals surface area contributed by atoms with Crippen LogP contribution in [0.2, 0.25) is 0 Å². The van der Waals surface area contributed by atoms with Crippen molar-refractivity contribution >= 4 is 52.9 Å². The lowest BCUT2D eigenvalue weighted by Crippen LogP contribution is -2.42. The largest absolute Gasteiger partial charge is 0.482 e. The molecule has 1 aromatic carbocycles. The van der Waals surface area contributed by atoms with E-state index in [9.17, 15) is 4.79 Å². The van der Waals surface area contributed by atoms with E-state index in [2.05, 4.69) is 27.5 Å². The first kappa shape index (κ1) is 22.4. The van der Waals surface area contributed by atoms with Gasteiger partial charge in [-0.3, -0.25) is 9.79 Å². The lowest BCUT2D eigenvalue weighted by Gasteiger charge is -2.29. The molecular formula is C19H26IN5O2S. The van der Waals surface area contributed by atoms with Crippen molar-refractivity contribution in [2.45, 2.75) is 19.8 Å². The number of fused-ring (bicyclic) bond motifs is 1. The normalized spacial score (nSPS) is 13.4. The van der Waals surface area contributed by atoms with E-state index in [1.165, 1.54) is 4.88 Å². The maximum Gasteiger partial charge on any atom is 0.265 e. The van der Waals surface area contributed by atoms with Gasteiger partial charge in [0.25, 0.3) is 5.91 Å². The Hall–Kier alpha value is -1.88. The Labute approximate surface area is 186 Å². The third-order valence-corrected chi connectivity index (χ3v) is 5.16. The summed E-state index contributed by atoms with van der Waals surface area (Å²) < 4.78 is 5.47. The molecule has 0 atom stereocenters. The summed E-state index contributed by atoms with van der Waals surface area (Å²) in [4.78, 5) is 23.8. The average molecular weight is 515 g/mol. The topological polar surface area (TPSA) is 78.9 Å². The molecule has 0 saturated heterocycles. The number of benzene rings is 1. The molecule has 1 amide bonds. The van der Waals surface area contributed by atoms with Crippen molar-refractivity contribution in [3.8, 4) is 5.75 Å². The molecule has 2 heterocycles. The molecule has 2 aromatic rings. The molecule has 0 bridgehead atoms. The van der Waals surface area contributed by atoms with Crippen LogP contribution in [0.1, 0.15) is 16.3 Å². The molecule has 0 spiro atoms. The second-order valence-corrected chi connectivity index (χ2v) is 7.52. The summed E-state index contributed by atoms with van der Waals surface area (Å²) in [6, 6.07) is 7.64. The highest BCUT2D eigenvalue weighted by Crippen LogP contribution is 2.31. The highest BCUT2D eigenvalue weighted by Gasteiger charge is 2.24. The van der Waals surface area contributed by atoms with Crippen LogP contribution < -0.4 is 20.3 Å². The van der Waals surface area contributed by atoms with E-state index in [1.54, 1.807) is 23.3 Å². The van der Waals surface area contributed by atoms with Crippen LogP contribution in [0.15, 0.2) is 35.5 Å². The van der Waals surface area contributed by atoms with Crippen molar-refractivity contribution in [2.75, 3.05) is 38.2 Å². The first-order valence-corrected chi connectivity index (χ1v) is 9.87. The van der Waals surface area contributed by atoms with Gasteiger partial charge in [-0.2, -0.15) is 0 Å². The SMILES string of the molecule is CN=C(NCCCN1C(=O)COc2ccccc21)NCCc1ncc(C)s1.I. The monoisotopic (exact) mass is 515 g/mol. The maximum atomic E-state index is 12.2. The molecular weight excluding hydrogens is 489 g/mol. The van der Waals surface area contributed by atoms with Gasteiger partial charge in [0.15, 0.2) is 12.6 Å². The van der Waals surface area contributed by atoms with Crippen LogP contribution in [0, 0.1) is 6.92 Å². The maximum absolute atomic E-state index is 12.2. The van der Waals surface area contributed by atoms with Crippen LogP contribution in [-0.2, 0) is 11.2 Å². The van der Waals surface area contributed by atoms with Crippen LogP contribution in [0.25, 0.3) is 0 Å². The molecule has 7 nitrogen and oxygen atoms in total. The number of guanidine groups is 1. The molecule has 0 fully saturated rings. The van der Waals surface area contributed by atoms with Crippen molar-refractivity contribution in [3.05, 3.63) is 40.3 Å². The van der Waals surface area contributed by atoms with E-state index >= 15 is 0 Å². The van der Waals surface area contributed by atoms with Gasteiger partial charge in [0, 0.05) is 44.2 Å². The fourth-order valence-electron chi connectivity index (χ4n) is 2.87. The first-order chi connectivity index (χ1) is 13.2. The van der Waals surface area contributed by atoms with Gasteiger partial charge < -0.3 is 20.3 Å². The van der Waals surface area contributed by atoms with Gasteiger partial charge in [-0.25, -0.2) is 4.98 Å². The quantitative estimate of drug-likeness (QED) is 0.257. The number of halogens is 1. The summed E-state index contributed by atoms with van der Waals surface area (Å²) in [7, 11) is 1.75. The first-order valence-electron chi connectivity index (χ1n) is 9.05. The number of hydrogen-bond donors (Lipinski definition) is 2. The number of anilines is 1. The third kappa shape index (κ3) is 6.06. The highest BCUT2D eigenvalue weighted by molar-refractivity contribution is 14.0. The Balaban J connectivity index is 0.00000280. The number of rotatable bonds is 7. The Morgan fingerprint density at radius 1 is 1.32 bits per heavy atom. The number of nitrogens with one attached hydrogen (secondary N) is 2. The molecule has 1 aliphatic rings. The van der Waals surface area contributed by atoms with Gasteiger partial charge in [-0.05, 0) is 25.5 Å². The van der Waals surface area contributed by atoms with Crippen LogP contribution in [-0.4, -0.2) is 50.1 Å². The molecule has 152 valence electrons. The van der Waals surface area contributed by atoms with E-state index in [0.717, 1.165) is 48.3 Å². The van der Waals surface area contributed by atoms with Crippen molar-refractivity contribution < 1.29 is 9.53 Å². The van der Waals surface area contributed by atoms with Crippen LogP contribution >= 0.6 is 35.3 Å². The van der Waals surface area contributed by atoms with E-state index in [4.69, 9.17) is 4.74 Å². The standard InChI is InChI=1S/C19H25N5O2S.HI/c1-14-12-23-17(27-14)8-10-22-19(20-2)21-9-5-11-24-15-6-3-4-7-16(15)26-13-18(24)25;/h3-4,6-7,12H,5,8-11,13H2,1-2H3,(H2,20,21,22);1H. The summed E-state index contributed by atoms with van der Waals surface area (Å²) in [5.41, 5.74) is 0.843. The Bertz CT molecular complexity index is 811. The molecule has 28 heavy (non-hydrogen) atoms. The van der Waals surface area contributed by atoms with Crippen molar-refractivity contribution in [1.82, 2.24) is 15.6 Å². The second kappa shape index (κ2) is 11.2. The lowest BCUT2D eigenvalue weighted by molar-refractivity contribution is -0.121. The predicted octanol–water partition coefficient (Wildman–Crippen LogP) is 2.59. The zero-order chi connectivity index (χ0) is 19.1. The number of thiazole rings is 1. The fraction of sp³-hybridized carbons (Fsp3) is 0.421. The van der Waals surface area contributed by atoms with E-state index < -0.39 is 0 Å². The number of hydrogen-bond acceptors (Lipinski definition) is 5. The number of amides is 1. The zero-order valence-corrected chi connectivity index (χ0v) is 19.3. The Kier molecular flexibility index (Phi) is 8.97. The van der Waals surface area contributed by atoms with Crippen molar-refractivity contribution in [2.24, 2.45) is 4.99 Å². The van der Waals surface area contributed by atoms with Gasteiger partial charge in [0.05, 0.1) is 10.7 Å². The van der Waals surface area contributed by atoms with Gasteiger partial charge in [-0.15, -0.1) is 35.3 Å². The van der Waals surface area contributed by atoms with Crippen LogP contribution in [0.5, 0.6) is 5.75 Å². The van der Waals surface area contributed by atoms with Crippen LogP contribution in [0.3, 0.4) is 0 Å². The number of carbonyl (C=O) groups is 1. The van der Waals surface area contributed by atoms with Gasteiger partial charge >= 0.3 is 0 Å². The minimum absolute atomic E-state index is 0.